The molecule has 19 heavy (non-hydrogen) atoms. The number of carbonyl (C=O) groups is 1. The van der Waals surface area contributed by atoms with Gasteiger partial charge in [0.25, 0.3) is 11.6 Å². The van der Waals surface area contributed by atoms with Crippen molar-refractivity contribution in [3.8, 4) is 0 Å². The number of hydroxylamine groups is 2. The molecule has 0 aromatic heterocycles. The first-order valence-electron chi connectivity index (χ1n) is 5.35. The number of nitro benzene ring substituents is 1. The maximum absolute atomic E-state index is 12.1. The lowest BCUT2D eigenvalue weighted by Crippen LogP contribution is -2.36. The highest BCUT2D eigenvalue weighted by atomic mass is 32.2. The SMILES string of the molecule is CON(C)C(=O)[C@@H](C)[S@@](=O)c1ccc([N+](=O)[O-])cc1. The van der Waals surface area contributed by atoms with Crippen LogP contribution in [0.25, 0.3) is 0 Å². The molecule has 0 spiro atoms. The van der Waals surface area contributed by atoms with Crippen LogP contribution in [0.4, 0.5) is 5.69 Å². The molecular weight excluding hydrogens is 272 g/mol. The van der Waals surface area contributed by atoms with Gasteiger partial charge in [0.05, 0.1) is 22.8 Å². The number of carbonyl (C=O) groups excluding carboxylic acids is 1. The van der Waals surface area contributed by atoms with Crippen LogP contribution in [0.3, 0.4) is 0 Å². The molecule has 1 aromatic carbocycles. The minimum atomic E-state index is -1.60. The fourth-order valence-corrected chi connectivity index (χ4v) is 2.49. The molecule has 2 atom stereocenters. The lowest BCUT2D eigenvalue weighted by atomic mass is 10.3. The summed E-state index contributed by atoms with van der Waals surface area (Å²) in [4.78, 5) is 26.8. The number of rotatable bonds is 5. The minimum absolute atomic E-state index is 0.0891. The highest BCUT2D eigenvalue weighted by Gasteiger charge is 2.25. The predicted octanol–water partition coefficient (Wildman–Crippen LogP) is 1.11. The van der Waals surface area contributed by atoms with E-state index in [9.17, 15) is 19.1 Å². The van der Waals surface area contributed by atoms with Gasteiger partial charge in [-0.1, -0.05) is 0 Å². The Bertz CT molecular complexity index is 502. The fraction of sp³-hybridized carbons (Fsp3) is 0.364. The Kier molecular flexibility index (Phi) is 5.13. The topological polar surface area (TPSA) is 89.8 Å². The van der Waals surface area contributed by atoms with Crippen LogP contribution in [0.2, 0.25) is 0 Å². The van der Waals surface area contributed by atoms with Crippen molar-refractivity contribution < 1.29 is 18.8 Å². The Balaban J connectivity index is 2.88. The molecule has 7 nitrogen and oxygen atoms in total. The summed E-state index contributed by atoms with van der Waals surface area (Å²) in [6, 6.07) is 5.27. The summed E-state index contributed by atoms with van der Waals surface area (Å²) < 4.78 is 12.1. The molecule has 0 saturated carbocycles. The Morgan fingerprint density at radius 2 is 1.95 bits per heavy atom. The van der Waals surface area contributed by atoms with Crippen molar-refractivity contribution in [1.82, 2.24) is 5.06 Å². The maximum Gasteiger partial charge on any atom is 0.269 e. The van der Waals surface area contributed by atoms with E-state index in [4.69, 9.17) is 4.84 Å². The third-order valence-corrected chi connectivity index (χ3v) is 4.11. The molecule has 0 aliphatic carbocycles. The van der Waals surface area contributed by atoms with Gasteiger partial charge in [-0.05, 0) is 19.1 Å². The molecule has 0 aliphatic heterocycles. The van der Waals surface area contributed by atoms with E-state index >= 15 is 0 Å². The lowest BCUT2D eigenvalue weighted by Gasteiger charge is -2.18. The van der Waals surface area contributed by atoms with Crippen LogP contribution < -0.4 is 0 Å². The molecule has 0 N–H and O–H groups in total. The standard InChI is InChI=1S/C11H14N2O5S/c1-8(11(14)12(2)18-3)19(17)10-6-4-9(5-7-10)13(15)16/h4-8H,1-3H3/t8-,19-/m1/s1. The summed E-state index contributed by atoms with van der Waals surface area (Å²) in [7, 11) is 1.16. The molecule has 0 heterocycles. The zero-order chi connectivity index (χ0) is 14.6. The summed E-state index contributed by atoms with van der Waals surface area (Å²) in [6.07, 6.45) is 0. The van der Waals surface area contributed by atoms with Gasteiger partial charge >= 0.3 is 0 Å². The normalized spacial score (nSPS) is 13.6. The van der Waals surface area contributed by atoms with Gasteiger partial charge in [0.1, 0.15) is 5.25 Å². The molecule has 0 aliphatic rings. The average Bonchev–Trinajstić information content (AvgIpc) is 2.44. The Morgan fingerprint density at radius 1 is 1.42 bits per heavy atom. The summed E-state index contributed by atoms with van der Waals surface area (Å²) >= 11 is 0. The van der Waals surface area contributed by atoms with Crippen molar-refractivity contribution in [2.24, 2.45) is 0 Å². The van der Waals surface area contributed by atoms with E-state index in [0.717, 1.165) is 5.06 Å². The van der Waals surface area contributed by atoms with E-state index in [2.05, 4.69) is 0 Å². The number of non-ortho nitro benzene ring substituents is 1. The first kappa shape index (κ1) is 15.3. The van der Waals surface area contributed by atoms with E-state index in [0.29, 0.717) is 4.90 Å². The highest BCUT2D eigenvalue weighted by Crippen LogP contribution is 2.17. The van der Waals surface area contributed by atoms with Gasteiger partial charge in [0, 0.05) is 24.1 Å². The number of amides is 1. The van der Waals surface area contributed by atoms with Crippen LogP contribution in [0.1, 0.15) is 6.92 Å². The predicted molar refractivity (Wildman–Crippen MR) is 68.7 cm³/mol. The molecule has 1 rings (SSSR count). The number of nitro groups is 1. The fourth-order valence-electron chi connectivity index (χ4n) is 1.34. The highest BCUT2D eigenvalue weighted by molar-refractivity contribution is 7.86. The second-order valence-electron chi connectivity index (χ2n) is 3.71. The van der Waals surface area contributed by atoms with Crippen LogP contribution >= 0.6 is 0 Å². The van der Waals surface area contributed by atoms with E-state index in [1.807, 2.05) is 0 Å². The Labute approximate surface area is 112 Å². The quantitative estimate of drug-likeness (QED) is 0.597. The number of hydrogen-bond acceptors (Lipinski definition) is 5. The van der Waals surface area contributed by atoms with Crippen molar-refractivity contribution in [3.63, 3.8) is 0 Å². The van der Waals surface area contributed by atoms with Gasteiger partial charge in [-0.25, -0.2) is 5.06 Å². The molecule has 0 unspecified atom stereocenters. The summed E-state index contributed by atoms with van der Waals surface area (Å²) in [6.45, 7) is 1.51. The van der Waals surface area contributed by atoms with Crippen molar-refractivity contribution in [2.45, 2.75) is 17.1 Å². The molecule has 104 valence electrons. The smallest absolute Gasteiger partial charge is 0.269 e. The second kappa shape index (κ2) is 6.39. The third-order valence-electron chi connectivity index (χ3n) is 2.53. The van der Waals surface area contributed by atoms with Crippen molar-refractivity contribution in [1.29, 1.82) is 0 Å². The summed E-state index contributed by atoms with van der Waals surface area (Å²) in [5, 5.41) is 10.7. The van der Waals surface area contributed by atoms with E-state index in [1.54, 1.807) is 0 Å². The zero-order valence-electron chi connectivity index (χ0n) is 10.7. The van der Waals surface area contributed by atoms with Gasteiger partial charge in [-0.3, -0.25) is 24.0 Å². The molecule has 8 heteroatoms. The van der Waals surface area contributed by atoms with Crippen LogP contribution in [0.5, 0.6) is 0 Å². The first-order chi connectivity index (χ1) is 8.88. The van der Waals surface area contributed by atoms with Gasteiger partial charge in [-0.15, -0.1) is 0 Å². The van der Waals surface area contributed by atoms with Gasteiger partial charge in [-0.2, -0.15) is 0 Å². The van der Waals surface area contributed by atoms with Crippen LogP contribution in [0.15, 0.2) is 29.2 Å². The van der Waals surface area contributed by atoms with Crippen molar-refractivity contribution in [3.05, 3.63) is 34.4 Å². The van der Waals surface area contributed by atoms with Gasteiger partial charge in [0.2, 0.25) is 0 Å². The molecule has 0 fully saturated rings. The van der Waals surface area contributed by atoms with Crippen molar-refractivity contribution in [2.75, 3.05) is 14.2 Å². The average molecular weight is 286 g/mol. The number of hydrogen-bond donors (Lipinski definition) is 0. The zero-order valence-corrected chi connectivity index (χ0v) is 11.5. The molecule has 1 aromatic rings. The van der Waals surface area contributed by atoms with E-state index in [-0.39, 0.29) is 5.69 Å². The van der Waals surface area contributed by atoms with Gasteiger partial charge < -0.3 is 0 Å². The van der Waals surface area contributed by atoms with Crippen LogP contribution in [-0.2, 0) is 20.4 Å². The van der Waals surface area contributed by atoms with Crippen molar-refractivity contribution >= 4 is 22.4 Å². The monoisotopic (exact) mass is 286 g/mol. The van der Waals surface area contributed by atoms with Gasteiger partial charge in [0.15, 0.2) is 0 Å². The summed E-state index contributed by atoms with van der Waals surface area (Å²) in [5.41, 5.74) is -0.0891. The lowest BCUT2D eigenvalue weighted by molar-refractivity contribution is -0.384. The third kappa shape index (κ3) is 3.58. The molecule has 0 bridgehead atoms. The van der Waals surface area contributed by atoms with E-state index in [1.165, 1.54) is 45.3 Å². The maximum atomic E-state index is 12.1. The number of nitrogens with zero attached hydrogens (tertiary/aromatic N) is 2. The van der Waals surface area contributed by atoms with Crippen LogP contribution in [0, 0.1) is 10.1 Å². The number of benzene rings is 1. The molecule has 1 amide bonds. The largest absolute Gasteiger partial charge is 0.275 e. The minimum Gasteiger partial charge on any atom is -0.275 e. The summed E-state index contributed by atoms with van der Waals surface area (Å²) in [5.74, 6) is -0.431. The van der Waals surface area contributed by atoms with Crippen LogP contribution in [-0.4, -0.2) is 39.5 Å². The Hall–Kier alpha value is -1.80. The molecular formula is C11H14N2O5S. The first-order valence-corrected chi connectivity index (χ1v) is 6.56. The Morgan fingerprint density at radius 3 is 2.37 bits per heavy atom. The second-order valence-corrected chi connectivity index (χ2v) is 5.48. The van der Waals surface area contributed by atoms with E-state index < -0.39 is 26.9 Å². The molecule has 0 saturated heterocycles. The molecule has 0 radical (unpaired) electrons.